The average Bonchev–Trinajstić information content (AvgIpc) is 3.06. The van der Waals surface area contributed by atoms with Crippen molar-refractivity contribution in [2.24, 2.45) is 17.8 Å². The first-order valence-corrected chi connectivity index (χ1v) is 7.18. The highest BCUT2D eigenvalue weighted by molar-refractivity contribution is 5.67. The Balaban J connectivity index is 2.34. The van der Waals surface area contributed by atoms with Crippen LogP contribution in [0.4, 0.5) is 4.79 Å². The van der Waals surface area contributed by atoms with E-state index in [-0.39, 0.29) is 12.0 Å². The van der Waals surface area contributed by atoms with Gasteiger partial charge in [0.15, 0.2) is 0 Å². The topological polar surface area (TPSA) is 46.6 Å². The fourth-order valence-corrected chi connectivity index (χ4v) is 2.45. The summed E-state index contributed by atoms with van der Waals surface area (Å²) in [7, 11) is 1.77. The first-order chi connectivity index (χ1) is 8.78. The first kappa shape index (κ1) is 16.0. The predicted octanol–water partition coefficient (Wildman–Crippen LogP) is 3.10. The lowest BCUT2D eigenvalue weighted by molar-refractivity contribution is -0.109. The molecule has 0 saturated heterocycles. The van der Waals surface area contributed by atoms with E-state index in [1.54, 1.807) is 11.9 Å². The Hall–Kier alpha value is -1.06. The molecule has 1 saturated carbocycles. The Bertz CT molecular complexity index is 322. The third-order valence-electron chi connectivity index (χ3n) is 3.74. The normalized spacial score (nSPS) is 23.6. The number of carbonyl (C=O) groups is 2. The standard InChI is InChI=1S/C15H27NO3/c1-6-11(13-9-12(13)10-17)7-8-16(5)14(18)19-15(2,3)4/h10-13H,6-9H2,1-5H3. The van der Waals surface area contributed by atoms with Crippen molar-refractivity contribution in [3.05, 3.63) is 0 Å². The number of aldehydes is 1. The van der Waals surface area contributed by atoms with Crippen LogP contribution in [0, 0.1) is 17.8 Å². The number of hydrogen-bond donors (Lipinski definition) is 0. The van der Waals surface area contributed by atoms with Gasteiger partial charge in [0.2, 0.25) is 0 Å². The molecule has 1 rings (SSSR count). The van der Waals surface area contributed by atoms with Crippen molar-refractivity contribution in [2.45, 2.75) is 52.6 Å². The van der Waals surface area contributed by atoms with Crippen molar-refractivity contribution in [2.75, 3.05) is 13.6 Å². The molecule has 0 aromatic carbocycles. The van der Waals surface area contributed by atoms with E-state index in [4.69, 9.17) is 4.74 Å². The number of nitrogens with zero attached hydrogens (tertiary/aromatic N) is 1. The number of carbonyl (C=O) groups excluding carboxylic acids is 2. The van der Waals surface area contributed by atoms with Crippen LogP contribution in [-0.4, -0.2) is 36.5 Å². The molecule has 1 fully saturated rings. The second-order valence-electron chi connectivity index (χ2n) is 6.56. The molecule has 3 unspecified atom stereocenters. The largest absolute Gasteiger partial charge is 0.444 e. The second-order valence-corrected chi connectivity index (χ2v) is 6.56. The minimum atomic E-state index is -0.450. The van der Waals surface area contributed by atoms with Gasteiger partial charge in [-0.1, -0.05) is 13.3 Å². The highest BCUT2D eigenvalue weighted by Crippen LogP contribution is 2.45. The average molecular weight is 269 g/mol. The van der Waals surface area contributed by atoms with E-state index < -0.39 is 5.60 Å². The molecule has 0 aliphatic heterocycles. The summed E-state index contributed by atoms with van der Waals surface area (Å²) in [4.78, 5) is 24.2. The maximum absolute atomic E-state index is 11.8. The summed E-state index contributed by atoms with van der Waals surface area (Å²) in [5.74, 6) is 1.34. The molecule has 19 heavy (non-hydrogen) atoms. The summed E-state index contributed by atoms with van der Waals surface area (Å²) in [6.07, 6.45) is 3.84. The van der Waals surface area contributed by atoms with Gasteiger partial charge >= 0.3 is 6.09 Å². The van der Waals surface area contributed by atoms with E-state index in [9.17, 15) is 9.59 Å². The van der Waals surface area contributed by atoms with Crippen LogP contribution in [0.2, 0.25) is 0 Å². The van der Waals surface area contributed by atoms with E-state index in [1.807, 2.05) is 20.8 Å². The van der Waals surface area contributed by atoms with Gasteiger partial charge in [-0.25, -0.2) is 4.79 Å². The number of amides is 1. The van der Waals surface area contributed by atoms with E-state index in [0.29, 0.717) is 18.4 Å². The van der Waals surface area contributed by atoms with Gasteiger partial charge in [-0.15, -0.1) is 0 Å². The SMILES string of the molecule is CCC(CCN(C)C(=O)OC(C)(C)C)C1CC1C=O. The van der Waals surface area contributed by atoms with Crippen LogP contribution < -0.4 is 0 Å². The predicted molar refractivity (Wildman–Crippen MR) is 74.9 cm³/mol. The molecule has 0 aromatic rings. The van der Waals surface area contributed by atoms with Gasteiger partial charge in [0.1, 0.15) is 11.9 Å². The van der Waals surface area contributed by atoms with Crippen molar-refractivity contribution in [1.29, 1.82) is 0 Å². The summed E-state index contributed by atoms with van der Waals surface area (Å²) in [5.41, 5.74) is -0.450. The minimum Gasteiger partial charge on any atom is -0.444 e. The van der Waals surface area contributed by atoms with Crippen molar-refractivity contribution in [3.63, 3.8) is 0 Å². The van der Waals surface area contributed by atoms with Crippen LogP contribution in [0.15, 0.2) is 0 Å². The van der Waals surface area contributed by atoms with Gasteiger partial charge in [-0.2, -0.15) is 0 Å². The molecule has 0 heterocycles. The highest BCUT2D eigenvalue weighted by atomic mass is 16.6. The first-order valence-electron chi connectivity index (χ1n) is 7.18. The maximum Gasteiger partial charge on any atom is 0.410 e. The molecule has 0 radical (unpaired) electrons. The zero-order valence-corrected chi connectivity index (χ0v) is 12.8. The molecule has 4 nitrogen and oxygen atoms in total. The highest BCUT2D eigenvalue weighted by Gasteiger charge is 2.41. The monoisotopic (exact) mass is 269 g/mol. The molecule has 110 valence electrons. The molecule has 0 N–H and O–H groups in total. The molecular weight excluding hydrogens is 242 g/mol. The fourth-order valence-electron chi connectivity index (χ4n) is 2.45. The maximum atomic E-state index is 11.8. The lowest BCUT2D eigenvalue weighted by Gasteiger charge is -2.26. The van der Waals surface area contributed by atoms with Crippen LogP contribution in [0.25, 0.3) is 0 Å². The third kappa shape index (κ3) is 5.21. The molecule has 4 heteroatoms. The van der Waals surface area contributed by atoms with Crippen molar-refractivity contribution in [1.82, 2.24) is 4.90 Å². The molecule has 1 aliphatic carbocycles. The molecular formula is C15H27NO3. The lowest BCUT2D eigenvalue weighted by Crippen LogP contribution is -2.35. The van der Waals surface area contributed by atoms with E-state index >= 15 is 0 Å². The Labute approximate surface area is 116 Å². The quantitative estimate of drug-likeness (QED) is 0.696. The van der Waals surface area contributed by atoms with Crippen molar-refractivity contribution in [3.8, 4) is 0 Å². The minimum absolute atomic E-state index is 0.261. The van der Waals surface area contributed by atoms with Gasteiger partial charge in [0.25, 0.3) is 0 Å². The van der Waals surface area contributed by atoms with Crippen molar-refractivity contribution >= 4 is 12.4 Å². The Morgan fingerprint density at radius 1 is 1.47 bits per heavy atom. The Morgan fingerprint density at radius 3 is 2.53 bits per heavy atom. The smallest absolute Gasteiger partial charge is 0.410 e. The zero-order valence-electron chi connectivity index (χ0n) is 12.8. The van der Waals surface area contributed by atoms with Crippen LogP contribution in [0.5, 0.6) is 0 Å². The van der Waals surface area contributed by atoms with Crippen LogP contribution in [0.1, 0.15) is 47.0 Å². The zero-order chi connectivity index (χ0) is 14.6. The summed E-state index contributed by atoms with van der Waals surface area (Å²) in [6, 6.07) is 0. The van der Waals surface area contributed by atoms with Gasteiger partial charge in [-0.3, -0.25) is 0 Å². The second kappa shape index (κ2) is 6.40. The van der Waals surface area contributed by atoms with Gasteiger partial charge in [0.05, 0.1) is 0 Å². The third-order valence-corrected chi connectivity index (χ3v) is 3.74. The van der Waals surface area contributed by atoms with Crippen LogP contribution in [0.3, 0.4) is 0 Å². The fraction of sp³-hybridized carbons (Fsp3) is 0.867. The van der Waals surface area contributed by atoms with Crippen molar-refractivity contribution < 1.29 is 14.3 Å². The summed E-state index contributed by atoms with van der Waals surface area (Å²) < 4.78 is 5.31. The summed E-state index contributed by atoms with van der Waals surface area (Å²) in [5, 5.41) is 0. The van der Waals surface area contributed by atoms with E-state index in [0.717, 1.165) is 25.5 Å². The summed E-state index contributed by atoms with van der Waals surface area (Å²) in [6.45, 7) is 8.44. The molecule has 3 atom stereocenters. The summed E-state index contributed by atoms with van der Waals surface area (Å²) >= 11 is 0. The molecule has 0 bridgehead atoms. The van der Waals surface area contributed by atoms with Gasteiger partial charge in [-0.05, 0) is 45.4 Å². The van der Waals surface area contributed by atoms with E-state index in [1.165, 1.54) is 0 Å². The van der Waals surface area contributed by atoms with Gasteiger partial charge < -0.3 is 14.4 Å². The molecule has 1 aliphatic rings. The van der Waals surface area contributed by atoms with Crippen LogP contribution >= 0.6 is 0 Å². The number of hydrogen-bond acceptors (Lipinski definition) is 3. The molecule has 0 spiro atoms. The number of rotatable bonds is 6. The van der Waals surface area contributed by atoms with E-state index in [2.05, 4.69) is 6.92 Å². The Morgan fingerprint density at radius 2 is 2.11 bits per heavy atom. The van der Waals surface area contributed by atoms with Crippen LogP contribution in [-0.2, 0) is 9.53 Å². The lowest BCUT2D eigenvalue weighted by atomic mass is 9.95. The van der Waals surface area contributed by atoms with Gasteiger partial charge in [0, 0.05) is 19.5 Å². The number of ether oxygens (including phenoxy) is 1. The Kier molecular flexibility index (Phi) is 5.39. The molecule has 0 aromatic heterocycles. The molecule has 1 amide bonds.